The van der Waals surface area contributed by atoms with Crippen molar-refractivity contribution in [3.63, 3.8) is 0 Å². The third-order valence-electron chi connectivity index (χ3n) is 4.33. The lowest BCUT2D eigenvalue weighted by molar-refractivity contribution is -0.140. The molecule has 2 rings (SSSR count). The zero-order valence-electron chi connectivity index (χ0n) is 13.0. The maximum atomic E-state index is 12.4. The van der Waals surface area contributed by atoms with Gasteiger partial charge in [0, 0.05) is 45.3 Å². The minimum Gasteiger partial charge on any atom is -0.381 e. The summed E-state index contributed by atoms with van der Waals surface area (Å²) in [7, 11) is 4.23. The van der Waals surface area contributed by atoms with Crippen molar-refractivity contribution >= 4 is 5.91 Å². The average Bonchev–Trinajstić information content (AvgIpc) is 2.48. The molecule has 0 aliphatic carbocycles. The van der Waals surface area contributed by atoms with Crippen molar-refractivity contribution in [2.45, 2.75) is 19.3 Å². The number of carbonyl (C=O) groups excluding carboxylic acids is 1. The monoisotopic (exact) mass is 283 g/mol. The third-order valence-corrected chi connectivity index (χ3v) is 4.33. The third kappa shape index (κ3) is 4.72. The molecule has 0 saturated carbocycles. The molecule has 0 atom stereocenters. The van der Waals surface area contributed by atoms with Gasteiger partial charge in [-0.15, -0.1) is 0 Å². The van der Waals surface area contributed by atoms with Gasteiger partial charge in [-0.3, -0.25) is 9.69 Å². The summed E-state index contributed by atoms with van der Waals surface area (Å²) in [5.74, 6) is 0.574. The van der Waals surface area contributed by atoms with E-state index in [0.717, 1.165) is 65.3 Å². The largest absolute Gasteiger partial charge is 0.381 e. The molecule has 5 heteroatoms. The van der Waals surface area contributed by atoms with Gasteiger partial charge in [0.05, 0.1) is 0 Å². The molecule has 116 valence electrons. The van der Waals surface area contributed by atoms with Gasteiger partial charge >= 0.3 is 0 Å². The molecule has 0 aromatic heterocycles. The van der Waals surface area contributed by atoms with Crippen LogP contribution in [0.1, 0.15) is 19.3 Å². The van der Waals surface area contributed by atoms with Crippen molar-refractivity contribution in [3.8, 4) is 0 Å². The molecular weight excluding hydrogens is 254 g/mol. The molecule has 20 heavy (non-hydrogen) atoms. The summed E-state index contributed by atoms with van der Waals surface area (Å²) in [4.78, 5) is 19.2. The van der Waals surface area contributed by atoms with Crippen molar-refractivity contribution in [3.05, 3.63) is 0 Å². The molecule has 0 N–H and O–H groups in total. The fraction of sp³-hybridized carbons (Fsp3) is 0.933. The minimum absolute atomic E-state index is 0.212. The number of ether oxygens (including phenoxy) is 1. The first-order valence-corrected chi connectivity index (χ1v) is 7.90. The number of piperazine rings is 1. The second kappa shape index (κ2) is 7.96. The predicted octanol–water partition coefficient (Wildman–Crippen LogP) is 0.509. The van der Waals surface area contributed by atoms with E-state index in [-0.39, 0.29) is 5.92 Å². The van der Waals surface area contributed by atoms with E-state index in [9.17, 15) is 4.79 Å². The number of hydrogen-bond acceptors (Lipinski definition) is 4. The molecule has 2 fully saturated rings. The smallest absolute Gasteiger partial charge is 0.225 e. The summed E-state index contributed by atoms with van der Waals surface area (Å²) in [6, 6.07) is 0. The topological polar surface area (TPSA) is 36.0 Å². The fourth-order valence-corrected chi connectivity index (χ4v) is 3.01. The Morgan fingerprint density at radius 2 is 1.80 bits per heavy atom. The number of nitrogens with zero attached hydrogens (tertiary/aromatic N) is 3. The zero-order valence-corrected chi connectivity index (χ0v) is 13.0. The molecule has 0 aromatic rings. The van der Waals surface area contributed by atoms with E-state index >= 15 is 0 Å². The first kappa shape index (κ1) is 15.7. The number of hydrogen-bond donors (Lipinski definition) is 0. The zero-order chi connectivity index (χ0) is 14.4. The molecule has 5 nitrogen and oxygen atoms in total. The van der Waals surface area contributed by atoms with E-state index in [1.807, 2.05) is 0 Å². The molecule has 0 spiro atoms. The molecular formula is C15H29N3O2. The second-order valence-electron chi connectivity index (χ2n) is 6.21. The average molecular weight is 283 g/mol. The Balaban J connectivity index is 1.66. The summed E-state index contributed by atoms with van der Waals surface area (Å²) < 4.78 is 5.33. The Labute approximate surface area is 122 Å². The van der Waals surface area contributed by atoms with E-state index in [0.29, 0.717) is 5.91 Å². The van der Waals surface area contributed by atoms with Gasteiger partial charge < -0.3 is 14.5 Å². The van der Waals surface area contributed by atoms with E-state index in [4.69, 9.17) is 4.74 Å². The van der Waals surface area contributed by atoms with Crippen LogP contribution in [0.4, 0.5) is 0 Å². The number of rotatable bonds is 5. The standard InChI is InChI=1S/C15H29N3O2/c1-16(2)6-3-7-17-8-10-18(11-9-17)15(19)14-4-12-20-13-5-14/h14H,3-13H2,1-2H3. The normalized spacial score (nSPS) is 22.4. The van der Waals surface area contributed by atoms with Crippen LogP contribution in [0.2, 0.25) is 0 Å². The van der Waals surface area contributed by atoms with Crippen LogP contribution in [0.15, 0.2) is 0 Å². The summed E-state index contributed by atoms with van der Waals surface area (Å²) >= 11 is 0. The van der Waals surface area contributed by atoms with Crippen molar-refractivity contribution in [1.82, 2.24) is 14.7 Å². The fourth-order valence-electron chi connectivity index (χ4n) is 3.01. The summed E-state index contributed by atoms with van der Waals surface area (Å²) in [6.07, 6.45) is 3.02. The number of amides is 1. The van der Waals surface area contributed by atoms with Crippen LogP contribution in [0.25, 0.3) is 0 Å². The van der Waals surface area contributed by atoms with Gasteiger partial charge in [-0.25, -0.2) is 0 Å². The van der Waals surface area contributed by atoms with Gasteiger partial charge in [-0.1, -0.05) is 0 Å². The van der Waals surface area contributed by atoms with Crippen LogP contribution < -0.4 is 0 Å². The van der Waals surface area contributed by atoms with Crippen molar-refractivity contribution in [1.29, 1.82) is 0 Å². The van der Waals surface area contributed by atoms with E-state index in [1.54, 1.807) is 0 Å². The lowest BCUT2D eigenvalue weighted by Gasteiger charge is -2.37. The summed E-state index contributed by atoms with van der Waals surface area (Å²) in [6.45, 7) is 7.65. The highest BCUT2D eigenvalue weighted by molar-refractivity contribution is 5.79. The maximum Gasteiger partial charge on any atom is 0.225 e. The van der Waals surface area contributed by atoms with Crippen LogP contribution in [0.3, 0.4) is 0 Å². The lowest BCUT2D eigenvalue weighted by atomic mass is 9.98. The van der Waals surface area contributed by atoms with Crippen LogP contribution >= 0.6 is 0 Å². The molecule has 2 heterocycles. The Kier molecular flexibility index (Phi) is 6.26. The molecule has 0 bridgehead atoms. The molecule has 0 unspecified atom stereocenters. The number of carbonyl (C=O) groups is 1. The molecule has 0 aromatic carbocycles. The van der Waals surface area contributed by atoms with Crippen molar-refractivity contribution in [2.24, 2.45) is 5.92 Å². The van der Waals surface area contributed by atoms with Crippen LogP contribution in [0, 0.1) is 5.92 Å². The van der Waals surface area contributed by atoms with Crippen molar-refractivity contribution < 1.29 is 9.53 Å². The minimum atomic E-state index is 0.212. The SMILES string of the molecule is CN(C)CCCN1CCN(C(=O)C2CCOCC2)CC1. The highest BCUT2D eigenvalue weighted by atomic mass is 16.5. The summed E-state index contributed by atoms with van der Waals surface area (Å²) in [5.41, 5.74) is 0. The Hall–Kier alpha value is -0.650. The highest BCUT2D eigenvalue weighted by Gasteiger charge is 2.28. The van der Waals surface area contributed by atoms with Gasteiger partial charge in [0.1, 0.15) is 0 Å². The molecule has 0 radical (unpaired) electrons. The second-order valence-corrected chi connectivity index (χ2v) is 6.21. The molecule has 1 amide bonds. The van der Waals surface area contributed by atoms with Crippen molar-refractivity contribution in [2.75, 3.05) is 66.6 Å². The highest BCUT2D eigenvalue weighted by Crippen LogP contribution is 2.18. The van der Waals surface area contributed by atoms with Gasteiger partial charge in [0.2, 0.25) is 5.91 Å². The van der Waals surface area contributed by atoms with Gasteiger partial charge in [-0.05, 0) is 46.4 Å². The summed E-state index contributed by atoms with van der Waals surface area (Å²) in [5, 5.41) is 0. The van der Waals surface area contributed by atoms with E-state index in [1.165, 1.54) is 6.42 Å². The van der Waals surface area contributed by atoms with Crippen LogP contribution in [-0.4, -0.2) is 87.2 Å². The lowest BCUT2D eigenvalue weighted by Crippen LogP contribution is -2.51. The van der Waals surface area contributed by atoms with E-state index < -0.39 is 0 Å². The van der Waals surface area contributed by atoms with Gasteiger partial charge in [0.25, 0.3) is 0 Å². The quantitative estimate of drug-likeness (QED) is 0.736. The van der Waals surface area contributed by atoms with Gasteiger partial charge in [0.15, 0.2) is 0 Å². The van der Waals surface area contributed by atoms with Crippen LogP contribution in [-0.2, 0) is 9.53 Å². The molecule has 2 aliphatic rings. The first-order valence-electron chi connectivity index (χ1n) is 7.90. The Morgan fingerprint density at radius 3 is 2.40 bits per heavy atom. The molecule has 2 saturated heterocycles. The molecule has 2 aliphatic heterocycles. The van der Waals surface area contributed by atoms with Gasteiger partial charge in [-0.2, -0.15) is 0 Å². The van der Waals surface area contributed by atoms with Crippen LogP contribution in [0.5, 0.6) is 0 Å². The van der Waals surface area contributed by atoms with E-state index in [2.05, 4.69) is 28.8 Å². The Bertz CT molecular complexity index is 295. The first-order chi connectivity index (χ1) is 9.66. The maximum absolute atomic E-state index is 12.4. The predicted molar refractivity (Wildman–Crippen MR) is 79.7 cm³/mol. The Morgan fingerprint density at radius 1 is 1.15 bits per heavy atom.